The summed E-state index contributed by atoms with van der Waals surface area (Å²) >= 11 is 0. The summed E-state index contributed by atoms with van der Waals surface area (Å²) in [5.74, 6) is -5.29. The van der Waals surface area contributed by atoms with E-state index in [9.17, 15) is 18.4 Å². The van der Waals surface area contributed by atoms with Crippen molar-refractivity contribution in [3.63, 3.8) is 0 Å². The highest BCUT2D eigenvalue weighted by Crippen LogP contribution is 2.33. The molecule has 0 radical (unpaired) electrons. The molecule has 1 rings (SSSR count). The van der Waals surface area contributed by atoms with E-state index in [0.29, 0.717) is 6.54 Å². The van der Waals surface area contributed by atoms with Gasteiger partial charge in [0.25, 0.3) is 5.92 Å². The van der Waals surface area contributed by atoms with Crippen molar-refractivity contribution in [2.24, 2.45) is 5.92 Å². The van der Waals surface area contributed by atoms with Crippen molar-refractivity contribution in [2.45, 2.75) is 45.6 Å². The molecule has 1 aliphatic heterocycles. The van der Waals surface area contributed by atoms with Crippen molar-refractivity contribution in [3.05, 3.63) is 0 Å². The van der Waals surface area contributed by atoms with Gasteiger partial charge in [0.15, 0.2) is 0 Å². The van der Waals surface area contributed by atoms with Crippen LogP contribution in [-0.2, 0) is 9.53 Å². The van der Waals surface area contributed by atoms with Crippen LogP contribution in [0.3, 0.4) is 0 Å². The standard InChI is InChI=1S/C13H22F2N2O3/c1-5-16-10(18)9-6-7-17(8-13(9,14)15)11(19)20-12(2,3)4/h9H,5-8H2,1-4H3,(H,16,18). The molecule has 0 spiro atoms. The van der Waals surface area contributed by atoms with Gasteiger partial charge in [-0.15, -0.1) is 0 Å². The SMILES string of the molecule is CCNC(=O)C1CCN(C(=O)OC(C)(C)C)CC1(F)F. The normalized spacial score (nSPS) is 22.3. The van der Waals surface area contributed by atoms with Crippen LogP contribution < -0.4 is 5.32 Å². The lowest BCUT2D eigenvalue weighted by Crippen LogP contribution is -2.55. The molecule has 0 saturated carbocycles. The number of piperidine rings is 1. The largest absolute Gasteiger partial charge is 0.444 e. The lowest BCUT2D eigenvalue weighted by molar-refractivity contribution is -0.150. The number of halogens is 2. The number of rotatable bonds is 2. The van der Waals surface area contributed by atoms with Gasteiger partial charge in [-0.05, 0) is 34.1 Å². The number of amides is 2. The summed E-state index contributed by atoms with van der Waals surface area (Å²) in [6.07, 6.45) is -0.843. The summed E-state index contributed by atoms with van der Waals surface area (Å²) in [5, 5.41) is 2.40. The second-order valence-corrected chi connectivity index (χ2v) is 5.90. The van der Waals surface area contributed by atoms with E-state index in [2.05, 4.69) is 5.32 Å². The fourth-order valence-corrected chi connectivity index (χ4v) is 2.04. The van der Waals surface area contributed by atoms with Crippen molar-refractivity contribution in [1.82, 2.24) is 10.2 Å². The van der Waals surface area contributed by atoms with Crippen LogP contribution in [0.5, 0.6) is 0 Å². The Balaban J connectivity index is 2.69. The minimum Gasteiger partial charge on any atom is -0.444 e. The van der Waals surface area contributed by atoms with E-state index in [-0.39, 0.29) is 13.0 Å². The summed E-state index contributed by atoms with van der Waals surface area (Å²) in [6, 6.07) is 0. The van der Waals surface area contributed by atoms with Crippen LogP contribution in [0.2, 0.25) is 0 Å². The molecule has 1 atom stereocenters. The van der Waals surface area contributed by atoms with Gasteiger partial charge in [0, 0.05) is 13.1 Å². The van der Waals surface area contributed by atoms with Gasteiger partial charge in [-0.25, -0.2) is 13.6 Å². The summed E-state index contributed by atoms with van der Waals surface area (Å²) in [5.41, 5.74) is -0.733. The highest BCUT2D eigenvalue weighted by molar-refractivity contribution is 5.80. The number of nitrogens with one attached hydrogen (secondary N) is 1. The van der Waals surface area contributed by atoms with Crippen molar-refractivity contribution in [3.8, 4) is 0 Å². The molecular formula is C13H22F2N2O3. The smallest absolute Gasteiger partial charge is 0.410 e. The van der Waals surface area contributed by atoms with Crippen LogP contribution in [0.15, 0.2) is 0 Å². The van der Waals surface area contributed by atoms with Gasteiger partial charge in [0.2, 0.25) is 5.91 Å². The number of carbonyl (C=O) groups excluding carboxylic acids is 2. The first-order valence-corrected chi connectivity index (χ1v) is 6.70. The van der Waals surface area contributed by atoms with Gasteiger partial charge in [0.1, 0.15) is 11.5 Å². The molecule has 116 valence electrons. The first kappa shape index (κ1) is 16.7. The second kappa shape index (κ2) is 5.93. The average Bonchev–Trinajstić information content (AvgIpc) is 2.25. The van der Waals surface area contributed by atoms with E-state index >= 15 is 0 Å². The maximum atomic E-state index is 14.0. The topological polar surface area (TPSA) is 58.6 Å². The Hall–Kier alpha value is -1.40. The van der Waals surface area contributed by atoms with Crippen molar-refractivity contribution in [2.75, 3.05) is 19.6 Å². The quantitative estimate of drug-likeness (QED) is 0.847. The molecule has 0 aromatic carbocycles. The molecule has 7 heteroatoms. The molecule has 1 aliphatic rings. The molecule has 0 aromatic heterocycles. The Morgan fingerprint density at radius 2 is 2.00 bits per heavy atom. The highest BCUT2D eigenvalue weighted by Gasteiger charge is 2.49. The zero-order valence-corrected chi connectivity index (χ0v) is 12.3. The fourth-order valence-electron chi connectivity index (χ4n) is 2.04. The van der Waals surface area contributed by atoms with Crippen LogP contribution in [0.4, 0.5) is 13.6 Å². The van der Waals surface area contributed by atoms with Gasteiger partial charge in [-0.3, -0.25) is 4.79 Å². The first-order chi connectivity index (χ1) is 9.07. The number of ether oxygens (including phenoxy) is 1. The molecule has 2 amide bonds. The third-order valence-corrected chi connectivity index (χ3v) is 2.92. The highest BCUT2D eigenvalue weighted by atomic mass is 19.3. The molecule has 0 aromatic rings. The predicted molar refractivity (Wildman–Crippen MR) is 69.5 cm³/mol. The lowest BCUT2D eigenvalue weighted by Gasteiger charge is -2.37. The Bertz CT molecular complexity index is 380. The third kappa shape index (κ3) is 4.31. The van der Waals surface area contributed by atoms with Gasteiger partial charge >= 0.3 is 6.09 Å². The zero-order chi connectivity index (χ0) is 15.6. The van der Waals surface area contributed by atoms with Crippen LogP contribution in [0, 0.1) is 5.92 Å². The molecule has 1 unspecified atom stereocenters. The zero-order valence-electron chi connectivity index (χ0n) is 12.3. The van der Waals surface area contributed by atoms with Crippen LogP contribution in [0.25, 0.3) is 0 Å². The van der Waals surface area contributed by atoms with E-state index < -0.39 is 36.0 Å². The minimum atomic E-state index is -3.24. The van der Waals surface area contributed by atoms with E-state index in [0.717, 1.165) is 4.90 Å². The molecule has 1 saturated heterocycles. The molecule has 20 heavy (non-hydrogen) atoms. The molecule has 0 bridgehead atoms. The van der Waals surface area contributed by atoms with Crippen molar-refractivity contribution >= 4 is 12.0 Å². The Morgan fingerprint density at radius 3 is 2.45 bits per heavy atom. The summed E-state index contributed by atoms with van der Waals surface area (Å²) in [6.45, 7) is 6.29. The maximum absolute atomic E-state index is 14.0. The number of nitrogens with zero attached hydrogens (tertiary/aromatic N) is 1. The van der Waals surface area contributed by atoms with Crippen LogP contribution >= 0.6 is 0 Å². The van der Waals surface area contributed by atoms with Gasteiger partial charge < -0.3 is 15.0 Å². The first-order valence-electron chi connectivity index (χ1n) is 6.70. The number of alkyl halides is 2. The Kier molecular flexibility index (Phi) is 4.94. The molecular weight excluding hydrogens is 270 g/mol. The Morgan fingerprint density at radius 1 is 1.40 bits per heavy atom. The second-order valence-electron chi connectivity index (χ2n) is 5.90. The van der Waals surface area contributed by atoms with E-state index in [1.54, 1.807) is 27.7 Å². The van der Waals surface area contributed by atoms with E-state index in [4.69, 9.17) is 4.74 Å². The molecule has 0 aliphatic carbocycles. The summed E-state index contributed by atoms with van der Waals surface area (Å²) < 4.78 is 33.0. The summed E-state index contributed by atoms with van der Waals surface area (Å²) in [4.78, 5) is 24.3. The van der Waals surface area contributed by atoms with Crippen LogP contribution in [-0.4, -0.2) is 48.1 Å². The molecule has 1 fully saturated rings. The number of likely N-dealkylation sites (tertiary alicyclic amines) is 1. The number of carbonyl (C=O) groups is 2. The van der Waals surface area contributed by atoms with Gasteiger partial charge in [-0.2, -0.15) is 0 Å². The third-order valence-electron chi connectivity index (χ3n) is 2.92. The molecule has 1 heterocycles. The maximum Gasteiger partial charge on any atom is 0.410 e. The molecule has 5 nitrogen and oxygen atoms in total. The van der Waals surface area contributed by atoms with E-state index in [1.807, 2.05) is 0 Å². The van der Waals surface area contributed by atoms with E-state index in [1.165, 1.54) is 0 Å². The monoisotopic (exact) mass is 292 g/mol. The predicted octanol–water partition coefficient (Wildman–Crippen LogP) is 2.01. The van der Waals surface area contributed by atoms with Crippen molar-refractivity contribution in [1.29, 1.82) is 0 Å². The van der Waals surface area contributed by atoms with Gasteiger partial charge in [0.05, 0.1) is 6.54 Å². The number of hydrogen-bond donors (Lipinski definition) is 1. The lowest BCUT2D eigenvalue weighted by atomic mass is 9.92. The fraction of sp³-hybridized carbons (Fsp3) is 0.846. The number of hydrogen-bond acceptors (Lipinski definition) is 3. The molecule has 1 N–H and O–H groups in total. The average molecular weight is 292 g/mol. The van der Waals surface area contributed by atoms with Crippen LogP contribution in [0.1, 0.15) is 34.1 Å². The minimum absolute atomic E-state index is 0.0714. The van der Waals surface area contributed by atoms with Gasteiger partial charge in [-0.1, -0.05) is 0 Å². The van der Waals surface area contributed by atoms with Crippen molar-refractivity contribution < 1.29 is 23.1 Å². The Labute approximate surface area is 117 Å². The summed E-state index contributed by atoms with van der Waals surface area (Å²) in [7, 11) is 0.